The molecule has 0 aliphatic carbocycles. The second-order valence-electron chi connectivity index (χ2n) is 9.28. The Bertz CT molecular complexity index is 809. The van der Waals surface area contributed by atoms with Crippen molar-refractivity contribution in [3.05, 3.63) is 90.0 Å². The molecule has 0 unspecified atom stereocenters. The van der Waals surface area contributed by atoms with Crippen molar-refractivity contribution in [2.24, 2.45) is 0 Å². The highest BCUT2D eigenvalue weighted by atomic mass is 31.1. The summed E-state index contributed by atoms with van der Waals surface area (Å²) >= 11 is 0. The van der Waals surface area contributed by atoms with Crippen molar-refractivity contribution in [3.63, 3.8) is 0 Å². The van der Waals surface area contributed by atoms with Crippen molar-refractivity contribution in [3.8, 4) is 0 Å². The topological polar surface area (TPSA) is 0 Å². The number of rotatable bonds is 3. The van der Waals surface area contributed by atoms with E-state index in [4.69, 9.17) is 0 Å². The van der Waals surface area contributed by atoms with Gasteiger partial charge in [0.1, 0.15) is 0 Å². The van der Waals surface area contributed by atoms with E-state index in [9.17, 15) is 0 Å². The summed E-state index contributed by atoms with van der Waals surface area (Å²) in [6.45, 7) is 13.9. The summed E-state index contributed by atoms with van der Waals surface area (Å²) in [6, 6.07) is 29.3. The van der Waals surface area contributed by atoms with Crippen LogP contribution in [0.2, 0.25) is 0 Å². The molecule has 3 aromatic carbocycles. The minimum Gasteiger partial charge on any atom is -0.0622 e. The van der Waals surface area contributed by atoms with Crippen molar-refractivity contribution in [2.45, 2.75) is 52.4 Å². The van der Waals surface area contributed by atoms with Crippen molar-refractivity contribution in [2.75, 3.05) is 0 Å². The molecule has 1 heteroatoms. The van der Waals surface area contributed by atoms with Gasteiger partial charge in [-0.05, 0) is 45.8 Å². The third-order valence-electron chi connectivity index (χ3n) is 4.94. The highest BCUT2D eigenvalue weighted by Crippen LogP contribution is 2.37. The normalized spacial score (nSPS) is 12.4. The summed E-state index contributed by atoms with van der Waals surface area (Å²) in [5.74, 6) is 0. The van der Waals surface area contributed by atoms with Crippen LogP contribution in [-0.2, 0) is 10.8 Å². The Morgan fingerprint density at radius 2 is 0.852 bits per heavy atom. The molecule has 3 aromatic rings. The van der Waals surface area contributed by atoms with E-state index < -0.39 is 7.92 Å². The molecule has 0 saturated carbocycles. The molecule has 0 amide bonds. The Labute approximate surface area is 166 Å². The van der Waals surface area contributed by atoms with Crippen molar-refractivity contribution in [1.29, 1.82) is 0 Å². The second kappa shape index (κ2) is 7.61. The fraction of sp³-hybridized carbons (Fsp3) is 0.308. The lowest BCUT2D eigenvalue weighted by atomic mass is 9.81. The van der Waals surface area contributed by atoms with E-state index >= 15 is 0 Å². The van der Waals surface area contributed by atoms with Crippen molar-refractivity contribution >= 4 is 23.8 Å². The zero-order valence-corrected chi connectivity index (χ0v) is 18.3. The summed E-state index contributed by atoms with van der Waals surface area (Å²) < 4.78 is 0. The molecule has 0 heterocycles. The molecule has 0 aromatic heterocycles. The SMILES string of the molecule is CC(C)(C)c1cc(P(c2ccccc2)c2ccccc2)cc(C(C)(C)C)c1. The first kappa shape index (κ1) is 19.8. The van der Waals surface area contributed by atoms with E-state index in [0.717, 1.165) is 0 Å². The van der Waals surface area contributed by atoms with Crippen LogP contribution in [0.25, 0.3) is 0 Å². The summed E-state index contributed by atoms with van der Waals surface area (Å²) in [4.78, 5) is 0. The summed E-state index contributed by atoms with van der Waals surface area (Å²) in [5.41, 5.74) is 3.10. The molecule has 140 valence electrons. The molecular weight excluding hydrogens is 343 g/mol. The average Bonchev–Trinajstić information content (AvgIpc) is 2.62. The highest BCUT2D eigenvalue weighted by molar-refractivity contribution is 7.79. The minimum atomic E-state index is -0.573. The Morgan fingerprint density at radius 1 is 0.481 bits per heavy atom. The Hall–Kier alpha value is -1.91. The van der Waals surface area contributed by atoms with Gasteiger partial charge in [-0.15, -0.1) is 0 Å². The Kier molecular flexibility index (Phi) is 5.59. The van der Waals surface area contributed by atoms with Crippen LogP contribution in [0.1, 0.15) is 52.7 Å². The Balaban J connectivity index is 2.26. The van der Waals surface area contributed by atoms with Crippen LogP contribution < -0.4 is 15.9 Å². The van der Waals surface area contributed by atoms with E-state index in [0.29, 0.717) is 0 Å². The van der Waals surface area contributed by atoms with Gasteiger partial charge in [0, 0.05) is 0 Å². The minimum absolute atomic E-state index is 0.129. The molecule has 0 aliphatic rings. The molecule has 3 rings (SSSR count). The monoisotopic (exact) mass is 374 g/mol. The fourth-order valence-electron chi connectivity index (χ4n) is 3.21. The van der Waals surface area contributed by atoms with Gasteiger partial charge in [-0.25, -0.2) is 0 Å². The van der Waals surface area contributed by atoms with Gasteiger partial charge in [0.05, 0.1) is 0 Å². The molecule has 0 aliphatic heterocycles. The van der Waals surface area contributed by atoms with Crippen molar-refractivity contribution < 1.29 is 0 Å². The average molecular weight is 375 g/mol. The smallest absolute Gasteiger partial charge is 0.0132 e. The maximum absolute atomic E-state index is 2.45. The lowest BCUT2D eigenvalue weighted by Gasteiger charge is -2.29. The zero-order chi connectivity index (χ0) is 19.7. The third kappa shape index (κ3) is 4.69. The van der Waals surface area contributed by atoms with Crippen LogP contribution in [0, 0.1) is 0 Å². The molecule has 0 bridgehead atoms. The molecular formula is C26H31P. The largest absolute Gasteiger partial charge is 0.0622 e. The molecule has 0 radical (unpaired) electrons. The van der Waals surface area contributed by atoms with Crippen molar-refractivity contribution in [1.82, 2.24) is 0 Å². The van der Waals surface area contributed by atoms with E-state index in [1.165, 1.54) is 27.0 Å². The van der Waals surface area contributed by atoms with Gasteiger partial charge >= 0.3 is 0 Å². The van der Waals surface area contributed by atoms with Gasteiger partial charge in [-0.3, -0.25) is 0 Å². The Morgan fingerprint density at radius 3 is 1.19 bits per heavy atom. The van der Waals surface area contributed by atoms with Gasteiger partial charge in [-0.1, -0.05) is 120 Å². The van der Waals surface area contributed by atoms with E-state index in [-0.39, 0.29) is 10.8 Å². The molecule has 0 fully saturated rings. The van der Waals surface area contributed by atoms with Gasteiger partial charge in [-0.2, -0.15) is 0 Å². The first-order valence-corrected chi connectivity index (χ1v) is 11.1. The van der Waals surface area contributed by atoms with E-state index in [1.807, 2.05) is 0 Å². The predicted octanol–water partition coefficient (Wildman–Crippen LogP) is 6.04. The summed E-state index contributed by atoms with van der Waals surface area (Å²) in [7, 11) is -0.573. The van der Waals surface area contributed by atoms with Crippen LogP contribution in [0.3, 0.4) is 0 Å². The lowest BCUT2D eigenvalue weighted by Crippen LogP contribution is -2.25. The maximum atomic E-state index is 2.45. The quantitative estimate of drug-likeness (QED) is 0.490. The van der Waals surface area contributed by atoms with Gasteiger partial charge in [0.25, 0.3) is 0 Å². The van der Waals surface area contributed by atoms with Gasteiger partial charge in [0.15, 0.2) is 0 Å². The number of hydrogen-bond donors (Lipinski definition) is 0. The van der Waals surface area contributed by atoms with E-state index in [1.54, 1.807) is 0 Å². The van der Waals surface area contributed by atoms with Crippen LogP contribution in [0.4, 0.5) is 0 Å². The maximum Gasteiger partial charge on any atom is -0.0132 e. The molecule has 0 atom stereocenters. The second-order valence-corrected chi connectivity index (χ2v) is 11.5. The van der Waals surface area contributed by atoms with Crippen LogP contribution in [-0.4, -0.2) is 0 Å². The number of benzene rings is 3. The van der Waals surface area contributed by atoms with E-state index in [2.05, 4.69) is 120 Å². The van der Waals surface area contributed by atoms with Crippen LogP contribution in [0.15, 0.2) is 78.9 Å². The molecule has 0 nitrogen and oxygen atoms in total. The van der Waals surface area contributed by atoms with Crippen LogP contribution >= 0.6 is 7.92 Å². The summed E-state index contributed by atoms with van der Waals surface area (Å²) in [6.07, 6.45) is 0. The first-order valence-electron chi connectivity index (χ1n) is 9.72. The van der Waals surface area contributed by atoms with Gasteiger partial charge in [0.2, 0.25) is 0 Å². The highest BCUT2D eigenvalue weighted by Gasteiger charge is 2.24. The van der Waals surface area contributed by atoms with Gasteiger partial charge < -0.3 is 0 Å². The third-order valence-corrected chi connectivity index (χ3v) is 7.34. The standard InChI is InChI=1S/C26H31P/c1-25(2,3)20-17-21(26(4,5)6)19-24(18-20)27(22-13-9-7-10-14-22)23-15-11-8-12-16-23/h7-19H,1-6H3. The zero-order valence-electron chi connectivity index (χ0n) is 17.5. The molecule has 0 spiro atoms. The first-order chi connectivity index (χ1) is 12.7. The summed E-state index contributed by atoms with van der Waals surface area (Å²) in [5, 5.41) is 4.26. The fourth-order valence-corrected chi connectivity index (χ4v) is 5.58. The number of hydrogen-bond acceptors (Lipinski definition) is 0. The molecule has 27 heavy (non-hydrogen) atoms. The lowest BCUT2D eigenvalue weighted by molar-refractivity contribution is 0.569. The van der Waals surface area contributed by atoms with Crippen LogP contribution in [0.5, 0.6) is 0 Å². The predicted molar refractivity (Wildman–Crippen MR) is 123 cm³/mol. The molecule has 0 saturated heterocycles. The molecule has 0 N–H and O–H groups in total.